The molecule has 0 amide bonds. The SMILES string of the molecule is Cc1cc(COC2CO2)ccc1OC1CO1. The summed E-state index contributed by atoms with van der Waals surface area (Å²) >= 11 is 0. The molecule has 2 atom stereocenters. The summed E-state index contributed by atoms with van der Waals surface area (Å²) in [6.07, 6.45) is -0.0308. The van der Waals surface area contributed by atoms with Crippen LogP contribution in [0.2, 0.25) is 0 Å². The first-order valence-electron chi connectivity index (χ1n) is 5.42. The second-order valence-corrected chi connectivity index (χ2v) is 4.05. The van der Waals surface area contributed by atoms with Crippen LogP contribution in [0.3, 0.4) is 0 Å². The van der Waals surface area contributed by atoms with Crippen LogP contribution in [-0.2, 0) is 20.8 Å². The molecule has 2 aliphatic rings. The van der Waals surface area contributed by atoms with Crippen molar-refractivity contribution in [2.75, 3.05) is 13.2 Å². The predicted octanol–water partition coefficient (Wildman–Crippen LogP) is 1.60. The van der Waals surface area contributed by atoms with Gasteiger partial charge in [-0.3, -0.25) is 0 Å². The quantitative estimate of drug-likeness (QED) is 0.710. The second kappa shape index (κ2) is 4.05. The Bertz CT molecular complexity index is 383. The van der Waals surface area contributed by atoms with Crippen molar-refractivity contribution in [3.8, 4) is 5.75 Å². The summed E-state index contributed by atoms with van der Waals surface area (Å²) in [7, 11) is 0. The maximum Gasteiger partial charge on any atom is 0.223 e. The van der Waals surface area contributed by atoms with Gasteiger partial charge in [0.05, 0.1) is 6.61 Å². The second-order valence-electron chi connectivity index (χ2n) is 4.05. The van der Waals surface area contributed by atoms with Crippen LogP contribution in [0.1, 0.15) is 11.1 Å². The maximum atomic E-state index is 5.56. The largest absolute Gasteiger partial charge is 0.462 e. The Hall–Kier alpha value is -1.10. The lowest BCUT2D eigenvalue weighted by atomic mass is 10.1. The van der Waals surface area contributed by atoms with E-state index in [4.69, 9.17) is 18.9 Å². The first kappa shape index (κ1) is 10.1. The van der Waals surface area contributed by atoms with Crippen LogP contribution in [0.5, 0.6) is 5.75 Å². The molecular weight excluding hydrogens is 208 g/mol. The summed E-state index contributed by atoms with van der Waals surface area (Å²) < 4.78 is 21.0. The zero-order valence-corrected chi connectivity index (χ0v) is 9.14. The first-order valence-corrected chi connectivity index (χ1v) is 5.42. The van der Waals surface area contributed by atoms with Crippen molar-refractivity contribution in [3.63, 3.8) is 0 Å². The minimum absolute atomic E-state index is 0.0103. The van der Waals surface area contributed by atoms with E-state index >= 15 is 0 Å². The summed E-state index contributed by atoms with van der Waals surface area (Å²) in [4.78, 5) is 0. The molecule has 86 valence electrons. The zero-order valence-electron chi connectivity index (χ0n) is 9.14. The molecule has 2 heterocycles. The monoisotopic (exact) mass is 222 g/mol. The molecule has 0 radical (unpaired) electrons. The minimum atomic E-state index is -0.0411. The molecule has 1 aromatic rings. The van der Waals surface area contributed by atoms with Crippen molar-refractivity contribution >= 4 is 0 Å². The van der Waals surface area contributed by atoms with Crippen LogP contribution >= 0.6 is 0 Å². The van der Waals surface area contributed by atoms with E-state index in [9.17, 15) is 0 Å². The van der Waals surface area contributed by atoms with Gasteiger partial charge in [0, 0.05) is 0 Å². The fourth-order valence-electron chi connectivity index (χ4n) is 1.51. The Kier molecular flexibility index (Phi) is 2.55. The average molecular weight is 222 g/mol. The molecule has 0 aromatic heterocycles. The van der Waals surface area contributed by atoms with Crippen LogP contribution in [0.15, 0.2) is 18.2 Å². The molecule has 2 saturated heterocycles. The Morgan fingerprint density at radius 1 is 1.25 bits per heavy atom. The molecule has 4 heteroatoms. The van der Waals surface area contributed by atoms with Crippen molar-refractivity contribution in [1.82, 2.24) is 0 Å². The average Bonchev–Trinajstić information content (AvgIpc) is 3.13. The molecule has 16 heavy (non-hydrogen) atoms. The summed E-state index contributed by atoms with van der Waals surface area (Å²) in [5.41, 5.74) is 2.24. The van der Waals surface area contributed by atoms with Crippen molar-refractivity contribution < 1.29 is 18.9 Å². The number of epoxide rings is 2. The molecular formula is C12H14O4. The highest BCUT2D eigenvalue weighted by Crippen LogP contribution is 2.24. The number of ether oxygens (including phenoxy) is 4. The van der Waals surface area contributed by atoms with E-state index in [1.165, 1.54) is 0 Å². The van der Waals surface area contributed by atoms with E-state index in [-0.39, 0.29) is 12.6 Å². The third kappa shape index (κ3) is 2.52. The number of rotatable bonds is 5. The van der Waals surface area contributed by atoms with Gasteiger partial charge in [0.1, 0.15) is 19.0 Å². The lowest BCUT2D eigenvalue weighted by molar-refractivity contribution is 0.0385. The van der Waals surface area contributed by atoms with Crippen LogP contribution in [-0.4, -0.2) is 25.8 Å². The molecule has 0 N–H and O–H groups in total. The lowest BCUT2D eigenvalue weighted by Gasteiger charge is -2.08. The normalized spacial score (nSPS) is 26.6. The van der Waals surface area contributed by atoms with Crippen molar-refractivity contribution in [2.45, 2.75) is 26.1 Å². The fraction of sp³-hybridized carbons (Fsp3) is 0.500. The fourth-order valence-corrected chi connectivity index (χ4v) is 1.51. The van der Waals surface area contributed by atoms with Gasteiger partial charge in [0.15, 0.2) is 6.29 Å². The van der Waals surface area contributed by atoms with E-state index < -0.39 is 0 Å². The van der Waals surface area contributed by atoms with Crippen molar-refractivity contribution in [1.29, 1.82) is 0 Å². The highest BCUT2D eigenvalue weighted by Gasteiger charge is 2.25. The molecule has 0 bridgehead atoms. The van der Waals surface area contributed by atoms with Crippen LogP contribution in [0.4, 0.5) is 0 Å². The molecule has 2 fully saturated rings. The van der Waals surface area contributed by atoms with Crippen LogP contribution in [0.25, 0.3) is 0 Å². The summed E-state index contributed by atoms with van der Waals surface area (Å²) in [5.74, 6) is 0.883. The van der Waals surface area contributed by atoms with E-state index in [2.05, 4.69) is 6.07 Å². The van der Waals surface area contributed by atoms with Gasteiger partial charge in [-0.2, -0.15) is 0 Å². The van der Waals surface area contributed by atoms with E-state index in [0.717, 1.165) is 23.5 Å². The van der Waals surface area contributed by atoms with Gasteiger partial charge in [-0.15, -0.1) is 0 Å². The lowest BCUT2D eigenvalue weighted by Crippen LogP contribution is -2.01. The summed E-state index contributed by atoms with van der Waals surface area (Å²) in [6.45, 7) is 4.03. The van der Waals surface area contributed by atoms with Crippen LogP contribution < -0.4 is 4.74 Å². The number of aryl methyl sites for hydroxylation is 1. The van der Waals surface area contributed by atoms with E-state index in [0.29, 0.717) is 13.2 Å². The van der Waals surface area contributed by atoms with E-state index in [1.54, 1.807) is 0 Å². The molecule has 2 unspecified atom stereocenters. The minimum Gasteiger partial charge on any atom is -0.462 e. The number of hydrogen-bond acceptors (Lipinski definition) is 4. The molecule has 2 aliphatic heterocycles. The van der Waals surface area contributed by atoms with Crippen molar-refractivity contribution in [3.05, 3.63) is 29.3 Å². The van der Waals surface area contributed by atoms with Crippen LogP contribution in [0, 0.1) is 6.92 Å². The Morgan fingerprint density at radius 3 is 2.62 bits per heavy atom. The van der Waals surface area contributed by atoms with E-state index in [1.807, 2.05) is 19.1 Å². The third-order valence-corrected chi connectivity index (χ3v) is 2.54. The standard InChI is InChI=1S/C12H14O4/c1-8-4-9(5-13-11-6-14-11)2-3-10(8)16-12-7-15-12/h2-4,11-12H,5-7H2,1H3. The van der Waals surface area contributed by atoms with Gasteiger partial charge < -0.3 is 18.9 Å². The molecule has 0 aliphatic carbocycles. The van der Waals surface area contributed by atoms with Crippen molar-refractivity contribution in [2.24, 2.45) is 0 Å². The number of benzene rings is 1. The topological polar surface area (TPSA) is 43.5 Å². The first-order chi connectivity index (χ1) is 7.81. The molecule has 4 nitrogen and oxygen atoms in total. The third-order valence-electron chi connectivity index (χ3n) is 2.54. The highest BCUT2D eigenvalue weighted by atomic mass is 16.8. The Morgan fingerprint density at radius 2 is 2.00 bits per heavy atom. The summed E-state index contributed by atoms with van der Waals surface area (Å²) in [5, 5.41) is 0. The van der Waals surface area contributed by atoms with Gasteiger partial charge in [0.25, 0.3) is 0 Å². The smallest absolute Gasteiger partial charge is 0.223 e. The molecule has 1 aromatic carbocycles. The highest BCUT2D eigenvalue weighted by molar-refractivity contribution is 5.36. The molecule has 0 spiro atoms. The number of hydrogen-bond donors (Lipinski definition) is 0. The van der Waals surface area contributed by atoms with Gasteiger partial charge >= 0.3 is 0 Å². The molecule has 0 saturated carbocycles. The van der Waals surface area contributed by atoms with Gasteiger partial charge in [-0.1, -0.05) is 12.1 Å². The maximum absolute atomic E-state index is 5.56. The zero-order chi connectivity index (χ0) is 11.0. The van der Waals surface area contributed by atoms with Gasteiger partial charge in [-0.25, -0.2) is 0 Å². The van der Waals surface area contributed by atoms with Gasteiger partial charge in [-0.05, 0) is 24.1 Å². The Labute approximate surface area is 94.1 Å². The summed E-state index contributed by atoms with van der Waals surface area (Å²) in [6, 6.07) is 6.04. The molecule has 3 rings (SSSR count). The van der Waals surface area contributed by atoms with Gasteiger partial charge in [0.2, 0.25) is 6.29 Å². The Balaban J connectivity index is 1.62. The predicted molar refractivity (Wildman–Crippen MR) is 56.1 cm³/mol.